The van der Waals surface area contributed by atoms with Crippen LogP contribution in [0.3, 0.4) is 0 Å². The van der Waals surface area contributed by atoms with E-state index in [-0.39, 0.29) is 12.2 Å². The number of carbonyl (C=O) groups is 1. The number of rotatable bonds is 6. The van der Waals surface area contributed by atoms with Gasteiger partial charge in [0.1, 0.15) is 5.69 Å². The van der Waals surface area contributed by atoms with Crippen molar-refractivity contribution < 1.29 is 9.53 Å². The van der Waals surface area contributed by atoms with Gasteiger partial charge in [-0.2, -0.15) is 0 Å². The van der Waals surface area contributed by atoms with Gasteiger partial charge in [0.25, 0.3) is 5.56 Å². The molecule has 0 saturated carbocycles. The predicted molar refractivity (Wildman–Crippen MR) is 85.0 cm³/mol. The van der Waals surface area contributed by atoms with Crippen molar-refractivity contribution in [1.29, 1.82) is 0 Å². The van der Waals surface area contributed by atoms with Crippen molar-refractivity contribution in [3.05, 3.63) is 40.3 Å². The molecule has 6 nitrogen and oxygen atoms in total. The number of aromatic nitrogens is 2. The molecule has 1 amide bonds. The minimum Gasteiger partial charge on any atom is -0.450 e. The number of aryl methyl sites for hydroxylation is 2. The second kappa shape index (κ2) is 7.59. The standard InChI is InChI=1S/C16H21N3O3/c1-3-10-19-14-9-5-4-7-12(14)18-13(15(19)20)8-6-11-22-16(21)17-2/h4-5,7,9H,3,6,8,10-11H2,1-2H3,(H,17,21). The fourth-order valence-corrected chi connectivity index (χ4v) is 2.33. The lowest BCUT2D eigenvalue weighted by Gasteiger charge is -2.11. The molecule has 0 unspecified atom stereocenters. The van der Waals surface area contributed by atoms with Gasteiger partial charge in [0.15, 0.2) is 0 Å². The number of benzene rings is 1. The number of hydrogen-bond donors (Lipinski definition) is 1. The molecule has 1 N–H and O–H groups in total. The summed E-state index contributed by atoms with van der Waals surface area (Å²) in [7, 11) is 1.51. The summed E-state index contributed by atoms with van der Waals surface area (Å²) in [6.07, 6.45) is 1.48. The zero-order valence-corrected chi connectivity index (χ0v) is 13.0. The van der Waals surface area contributed by atoms with Gasteiger partial charge in [-0.15, -0.1) is 0 Å². The summed E-state index contributed by atoms with van der Waals surface area (Å²) < 4.78 is 6.71. The lowest BCUT2D eigenvalue weighted by Crippen LogP contribution is -2.26. The number of alkyl carbamates (subject to hydrolysis) is 1. The van der Waals surface area contributed by atoms with Crippen molar-refractivity contribution in [1.82, 2.24) is 14.9 Å². The van der Waals surface area contributed by atoms with E-state index in [1.165, 1.54) is 7.05 Å². The van der Waals surface area contributed by atoms with Crippen molar-refractivity contribution in [2.45, 2.75) is 32.7 Å². The summed E-state index contributed by atoms with van der Waals surface area (Å²) in [5, 5.41) is 2.38. The van der Waals surface area contributed by atoms with Crippen molar-refractivity contribution >= 4 is 17.1 Å². The Labute approximate surface area is 129 Å². The first-order chi connectivity index (χ1) is 10.7. The van der Waals surface area contributed by atoms with Crippen LogP contribution < -0.4 is 10.9 Å². The molecule has 0 atom stereocenters. The molecule has 0 aliphatic carbocycles. The minimum absolute atomic E-state index is 0.0551. The van der Waals surface area contributed by atoms with E-state index in [9.17, 15) is 9.59 Å². The van der Waals surface area contributed by atoms with Crippen molar-refractivity contribution in [3.8, 4) is 0 Å². The molecule has 1 heterocycles. The summed E-state index contributed by atoms with van der Waals surface area (Å²) in [4.78, 5) is 28.0. The van der Waals surface area contributed by atoms with Gasteiger partial charge in [0.2, 0.25) is 0 Å². The van der Waals surface area contributed by atoms with E-state index in [1.807, 2.05) is 31.2 Å². The van der Waals surface area contributed by atoms with E-state index in [1.54, 1.807) is 4.57 Å². The Morgan fingerprint density at radius 1 is 1.36 bits per heavy atom. The summed E-state index contributed by atoms with van der Waals surface area (Å²) in [6, 6.07) is 7.64. The van der Waals surface area contributed by atoms with Gasteiger partial charge in [-0.25, -0.2) is 9.78 Å². The monoisotopic (exact) mass is 303 g/mol. The zero-order chi connectivity index (χ0) is 15.9. The number of fused-ring (bicyclic) bond motifs is 1. The number of para-hydroxylation sites is 2. The van der Waals surface area contributed by atoms with Crippen molar-refractivity contribution in [2.75, 3.05) is 13.7 Å². The quantitative estimate of drug-likeness (QED) is 0.829. The van der Waals surface area contributed by atoms with Gasteiger partial charge in [0, 0.05) is 13.6 Å². The van der Waals surface area contributed by atoms with Gasteiger partial charge in [0.05, 0.1) is 17.6 Å². The number of nitrogens with zero attached hydrogens (tertiary/aromatic N) is 2. The number of nitrogens with one attached hydrogen (secondary N) is 1. The molecule has 1 aromatic carbocycles. The average Bonchev–Trinajstić information content (AvgIpc) is 2.54. The number of amides is 1. The maximum atomic E-state index is 12.5. The highest BCUT2D eigenvalue weighted by atomic mass is 16.5. The van der Waals surface area contributed by atoms with Gasteiger partial charge < -0.3 is 14.6 Å². The van der Waals surface area contributed by atoms with Gasteiger partial charge in [-0.1, -0.05) is 19.1 Å². The highest BCUT2D eigenvalue weighted by molar-refractivity contribution is 5.74. The normalized spacial score (nSPS) is 10.6. The topological polar surface area (TPSA) is 73.2 Å². The van der Waals surface area contributed by atoms with Crippen LogP contribution in [0.2, 0.25) is 0 Å². The summed E-state index contributed by atoms with van der Waals surface area (Å²) in [5.74, 6) is 0. The molecule has 0 spiro atoms. The number of carbonyl (C=O) groups excluding carboxylic acids is 1. The van der Waals surface area contributed by atoms with Gasteiger partial charge >= 0.3 is 6.09 Å². The molecule has 0 saturated heterocycles. The Kier molecular flexibility index (Phi) is 5.52. The Morgan fingerprint density at radius 3 is 2.86 bits per heavy atom. The highest BCUT2D eigenvalue weighted by Gasteiger charge is 2.10. The van der Waals surface area contributed by atoms with E-state index < -0.39 is 6.09 Å². The maximum absolute atomic E-state index is 12.5. The number of hydrogen-bond acceptors (Lipinski definition) is 4. The largest absolute Gasteiger partial charge is 0.450 e. The maximum Gasteiger partial charge on any atom is 0.406 e. The molecule has 0 fully saturated rings. The minimum atomic E-state index is -0.463. The van der Waals surface area contributed by atoms with Crippen molar-refractivity contribution in [3.63, 3.8) is 0 Å². The van der Waals surface area contributed by atoms with Crippen LogP contribution >= 0.6 is 0 Å². The molecule has 118 valence electrons. The molecule has 1 aromatic heterocycles. The predicted octanol–water partition coefficient (Wildman–Crippen LogP) is 2.10. The van der Waals surface area contributed by atoms with Gasteiger partial charge in [-0.05, 0) is 31.4 Å². The second-order valence-electron chi connectivity index (χ2n) is 4.99. The summed E-state index contributed by atoms with van der Waals surface area (Å²) in [6.45, 7) is 2.98. The molecule has 0 bridgehead atoms. The van der Waals surface area contributed by atoms with Crippen LogP contribution in [0.1, 0.15) is 25.5 Å². The van der Waals surface area contributed by atoms with Crippen LogP contribution in [0.25, 0.3) is 11.0 Å². The highest BCUT2D eigenvalue weighted by Crippen LogP contribution is 2.11. The van der Waals surface area contributed by atoms with Crippen LogP contribution in [0.4, 0.5) is 4.79 Å². The third-order valence-corrected chi connectivity index (χ3v) is 3.36. The molecule has 22 heavy (non-hydrogen) atoms. The Hall–Kier alpha value is -2.37. The van der Waals surface area contributed by atoms with E-state index in [0.717, 1.165) is 17.5 Å². The first-order valence-electron chi connectivity index (χ1n) is 7.50. The number of ether oxygens (including phenoxy) is 1. The lowest BCUT2D eigenvalue weighted by molar-refractivity contribution is 0.147. The van der Waals surface area contributed by atoms with Crippen molar-refractivity contribution in [2.24, 2.45) is 0 Å². The van der Waals surface area contributed by atoms with Crippen LogP contribution in [-0.2, 0) is 17.7 Å². The third kappa shape index (κ3) is 3.63. The van der Waals surface area contributed by atoms with Crippen LogP contribution in [0.15, 0.2) is 29.1 Å². The van der Waals surface area contributed by atoms with Crippen LogP contribution in [0.5, 0.6) is 0 Å². The second-order valence-corrected chi connectivity index (χ2v) is 4.99. The molecule has 0 aliphatic heterocycles. The van der Waals surface area contributed by atoms with E-state index in [0.29, 0.717) is 25.1 Å². The fraction of sp³-hybridized carbons (Fsp3) is 0.438. The Bertz CT molecular complexity index is 709. The summed E-state index contributed by atoms with van der Waals surface area (Å²) in [5.41, 5.74) is 2.14. The van der Waals surface area contributed by atoms with E-state index >= 15 is 0 Å². The molecule has 0 aliphatic rings. The average molecular weight is 303 g/mol. The van der Waals surface area contributed by atoms with E-state index in [4.69, 9.17) is 4.74 Å². The zero-order valence-electron chi connectivity index (χ0n) is 13.0. The fourth-order valence-electron chi connectivity index (χ4n) is 2.33. The van der Waals surface area contributed by atoms with Gasteiger partial charge in [-0.3, -0.25) is 4.79 Å². The Morgan fingerprint density at radius 2 is 2.14 bits per heavy atom. The van der Waals surface area contributed by atoms with E-state index in [2.05, 4.69) is 10.3 Å². The Balaban J connectivity index is 2.21. The molecule has 2 aromatic rings. The lowest BCUT2D eigenvalue weighted by atomic mass is 10.2. The molecule has 2 rings (SSSR count). The van der Waals surface area contributed by atoms with Crippen LogP contribution in [0, 0.1) is 0 Å². The SMILES string of the molecule is CCCn1c(=O)c(CCCOC(=O)NC)nc2ccccc21. The molecular formula is C16H21N3O3. The molecule has 6 heteroatoms. The molecular weight excluding hydrogens is 282 g/mol. The molecule has 0 radical (unpaired) electrons. The first-order valence-corrected chi connectivity index (χ1v) is 7.50. The third-order valence-electron chi connectivity index (χ3n) is 3.36. The summed E-state index contributed by atoms with van der Waals surface area (Å²) >= 11 is 0. The first kappa shape index (κ1) is 16.0. The van der Waals surface area contributed by atoms with Crippen LogP contribution in [-0.4, -0.2) is 29.3 Å². The smallest absolute Gasteiger partial charge is 0.406 e.